The van der Waals surface area contributed by atoms with Crippen LogP contribution in [0.4, 0.5) is 5.69 Å². The molecule has 0 spiro atoms. The summed E-state index contributed by atoms with van der Waals surface area (Å²) in [5.74, 6) is 0.617. The van der Waals surface area contributed by atoms with Crippen molar-refractivity contribution in [3.8, 4) is 5.75 Å². The molecule has 0 saturated heterocycles. The van der Waals surface area contributed by atoms with Crippen LogP contribution in [0.1, 0.15) is 42.2 Å². The van der Waals surface area contributed by atoms with Gasteiger partial charge >= 0.3 is 0 Å². The van der Waals surface area contributed by atoms with Crippen molar-refractivity contribution in [2.75, 3.05) is 5.73 Å². The van der Waals surface area contributed by atoms with Crippen LogP contribution in [0.5, 0.6) is 5.75 Å². The smallest absolute Gasteiger partial charge is 0.254 e. The van der Waals surface area contributed by atoms with Crippen molar-refractivity contribution in [1.82, 2.24) is 15.1 Å². The summed E-state index contributed by atoms with van der Waals surface area (Å²) in [7, 11) is 1.78. The molecule has 1 aliphatic heterocycles. The number of benzene rings is 1. The first-order valence-electron chi connectivity index (χ1n) is 7.22. The minimum absolute atomic E-state index is 0. The number of rotatable bonds is 2. The van der Waals surface area contributed by atoms with Gasteiger partial charge < -0.3 is 15.8 Å². The number of nitrogens with zero attached hydrogens (tertiary/aromatic N) is 2. The quantitative estimate of drug-likeness (QED) is 0.825. The zero-order valence-electron chi connectivity index (χ0n) is 13.4. The predicted octanol–water partition coefficient (Wildman–Crippen LogP) is 2.46. The van der Waals surface area contributed by atoms with Crippen molar-refractivity contribution in [2.24, 2.45) is 7.05 Å². The number of carbonyl (C=O) groups is 1. The van der Waals surface area contributed by atoms with Crippen LogP contribution in [0.2, 0.25) is 0 Å². The number of aromatic nitrogens is 2. The second kappa shape index (κ2) is 6.12. The number of halogens is 1. The molecule has 0 saturated carbocycles. The lowest BCUT2D eigenvalue weighted by Crippen LogP contribution is -2.41. The van der Waals surface area contributed by atoms with E-state index in [1.807, 2.05) is 26.0 Å². The molecule has 0 radical (unpaired) electrons. The summed E-state index contributed by atoms with van der Waals surface area (Å²) in [5.41, 5.74) is 7.63. The lowest BCUT2D eigenvalue weighted by atomic mass is 9.89. The average molecular weight is 337 g/mol. The number of nitrogens with one attached hydrogen (secondary N) is 1. The van der Waals surface area contributed by atoms with Crippen molar-refractivity contribution >= 4 is 24.0 Å². The van der Waals surface area contributed by atoms with Crippen molar-refractivity contribution in [1.29, 1.82) is 0 Å². The maximum absolute atomic E-state index is 12.4. The maximum atomic E-state index is 12.4. The monoisotopic (exact) mass is 336 g/mol. The van der Waals surface area contributed by atoms with E-state index < -0.39 is 0 Å². The van der Waals surface area contributed by atoms with Crippen LogP contribution in [-0.4, -0.2) is 21.3 Å². The van der Waals surface area contributed by atoms with Crippen molar-refractivity contribution < 1.29 is 9.53 Å². The van der Waals surface area contributed by atoms with E-state index in [2.05, 4.69) is 10.4 Å². The maximum Gasteiger partial charge on any atom is 0.254 e. The first-order chi connectivity index (χ1) is 10.3. The largest absolute Gasteiger partial charge is 0.487 e. The van der Waals surface area contributed by atoms with Gasteiger partial charge in [-0.25, -0.2) is 0 Å². The average Bonchev–Trinajstić information content (AvgIpc) is 2.85. The molecule has 1 aliphatic rings. The molecular weight excluding hydrogens is 316 g/mol. The number of carbonyl (C=O) groups excluding carboxylic acids is 1. The molecule has 23 heavy (non-hydrogen) atoms. The summed E-state index contributed by atoms with van der Waals surface area (Å²) >= 11 is 0. The van der Waals surface area contributed by atoms with Crippen LogP contribution in [-0.2, 0) is 7.05 Å². The normalized spacial score (nSPS) is 18.3. The molecule has 6 nitrogen and oxygen atoms in total. The van der Waals surface area contributed by atoms with Crippen molar-refractivity contribution in [3.05, 3.63) is 41.7 Å². The standard InChI is InChI=1S/C16H20N4O2.ClH/c1-16(2)7-13(12-6-11(17)4-5-14(12)22-16)19-15(21)10-8-18-20(3)9-10;/h4-6,8-9,13H,7,17H2,1-3H3,(H,19,21);1H. The Morgan fingerprint density at radius 1 is 1.48 bits per heavy atom. The van der Waals surface area contributed by atoms with Gasteiger partial charge in [0, 0.05) is 30.9 Å². The third kappa shape index (κ3) is 3.59. The Morgan fingerprint density at radius 2 is 2.22 bits per heavy atom. The van der Waals surface area contributed by atoms with Gasteiger partial charge in [-0.2, -0.15) is 5.10 Å². The number of hydrogen-bond donors (Lipinski definition) is 2. The zero-order valence-corrected chi connectivity index (χ0v) is 14.2. The lowest BCUT2D eigenvalue weighted by molar-refractivity contribution is 0.0620. The Kier molecular flexibility index (Phi) is 4.56. The molecule has 0 aliphatic carbocycles. The number of aryl methyl sites for hydroxylation is 1. The first kappa shape index (κ1) is 17.1. The first-order valence-corrected chi connectivity index (χ1v) is 7.22. The Balaban J connectivity index is 0.00000192. The third-order valence-electron chi connectivity index (χ3n) is 3.76. The fourth-order valence-corrected chi connectivity index (χ4v) is 2.78. The molecule has 3 rings (SSSR count). The van der Waals surface area contributed by atoms with Crippen molar-refractivity contribution in [2.45, 2.75) is 31.9 Å². The number of hydrogen-bond acceptors (Lipinski definition) is 4. The van der Waals surface area contributed by atoms with Crippen molar-refractivity contribution in [3.63, 3.8) is 0 Å². The van der Waals surface area contributed by atoms with Crippen LogP contribution in [0.15, 0.2) is 30.6 Å². The Hall–Kier alpha value is -2.21. The van der Waals surface area contributed by atoms with E-state index in [0.717, 1.165) is 11.3 Å². The Labute approximate surface area is 141 Å². The molecule has 1 aromatic heterocycles. The van der Waals surface area contributed by atoms with E-state index >= 15 is 0 Å². The number of ether oxygens (including phenoxy) is 1. The zero-order chi connectivity index (χ0) is 15.9. The minimum Gasteiger partial charge on any atom is -0.487 e. The van der Waals surface area contributed by atoms with Crippen LogP contribution in [0.25, 0.3) is 0 Å². The van der Waals surface area contributed by atoms with Gasteiger partial charge in [0.25, 0.3) is 5.91 Å². The third-order valence-corrected chi connectivity index (χ3v) is 3.76. The van der Waals surface area contributed by atoms with Gasteiger partial charge in [0.2, 0.25) is 0 Å². The molecule has 2 heterocycles. The van der Waals surface area contributed by atoms with E-state index in [-0.39, 0.29) is 30.0 Å². The van der Waals surface area contributed by atoms with Crippen LogP contribution in [0, 0.1) is 0 Å². The van der Waals surface area contributed by atoms with Gasteiger partial charge in [0.05, 0.1) is 17.8 Å². The number of nitrogens with two attached hydrogens (primary N) is 1. The highest BCUT2D eigenvalue weighted by molar-refractivity contribution is 5.94. The van der Waals surface area contributed by atoms with Gasteiger partial charge in [-0.3, -0.25) is 9.48 Å². The molecule has 0 fully saturated rings. The van der Waals surface area contributed by atoms with E-state index in [1.165, 1.54) is 0 Å². The summed E-state index contributed by atoms with van der Waals surface area (Å²) in [6.45, 7) is 4.02. The summed E-state index contributed by atoms with van der Waals surface area (Å²) in [5, 5.41) is 7.09. The molecule has 3 N–H and O–H groups in total. The fraction of sp³-hybridized carbons (Fsp3) is 0.375. The van der Waals surface area contributed by atoms with Gasteiger partial charge in [-0.15, -0.1) is 12.4 Å². The van der Waals surface area contributed by atoms with Crippen LogP contribution < -0.4 is 15.8 Å². The second-order valence-corrected chi connectivity index (χ2v) is 6.29. The summed E-state index contributed by atoms with van der Waals surface area (Å²) in [6, 6.07) is 5.38. The van der Waals surface area contributed by atoms with Gasteiger partial charge in [-0.1, -0.05) is 0 Å². The molecule has 124 valence electrons. The number of fused-ring (bicyclic) bond motifs is 1. The fourth-order valence-electron chi connectivity index (χ4n) is 2.78. The van der Waals surface area contributed by atoms with E-state index in [4.69, 9.17) is 10.5 Å². The SMILES string of the molecule is Cl.Cn1cc(C(=O)NC2CC(C)(C)Oc3ccc(N)cc32)cn1. The molecule has 1 amide bonds. The van der Waals surface area contributed by atoms with Gasteiger partial charge in [0.15, 0.2) is 0 Å². The predicted molar refractivity (Wildman–Crippen MR) is 90.8 cm³/mol. The number of nitrogen functional groups attached to an aromatic ring is 1. The molecule has 2 aromatic rings. The van der Waals surface area contributed by atoms with E-state index in [1.54, 1.807) is 30.2 Å². The van der Waals surface area contributed by atoms with Crippen LogP contribution in [0.3, 0.4) is 0 Å². The van der Waals surface area contributed by atoms with Gasteiger partial charge in [-0.05, 0) is 32.0 Å². The summed E-state index contributed by atoms with van der Waals surface area (Å²) in [6.07, 6.45) is 3.93. The topological polar surface area (TPSA) is 82.2 Å². The highest BCUT2D eigenvalue weighted by atomic mass is 35.5. The van der Waals surface area contributed by atoms with Crippen LogP contribution >= 0.6 is 12.4 Å². The Morgan fingerprint density at radius 3 is 2.87 bits per heavy atom. The van der Waals surface area contributed by atoms with Gasteiger partial charge in [0.1, 0.15) is 11.4 Å². The van der Waals surface area contributed by atoms with E-state index in [9.17, 15) is 4.79 Å². The molecule has 1 aromatic carbocycles. The highest BCUT2D eigenvalue weighted by Crippen LogP contribution is 2.40. The number of amides is 1. The molecule has 7 heteroatoms. The Bertz CT molecular complexity index is 727. The molecular formula is C16H21ClN4O2. The second-order valence-electron chi connectivity index (χ2n) is 6.29. The summed E-state index contributed by atoms with van der Waals surface area (Å²) in [4.78, 5) is 12.4. The molecule has 0 bridgehead atoms. The number of anilines is 1. The minimum atomic E-state index is -0.351. The summed E-state index contributed by atoms with van der Waals surface area (Å²) < 4.78 is 7.58. The van der Waals surface area contributed by atoms with E-state index in [0.29, 0.717) is 17.7 Å². The molecule has 1 atom stereocenters. The molecule has 1 unspecified atom stereocenters. The lowest BCUT2D eigenvalue weighted by Gasteiger charge is -2.38. The highest BCUT2D eigenvalue weighted by Gasteiger charge is 2.34.